The summed E-state index contributed by atoms with van der Waals surface area (Å²) in [5.74, 6) is 0. The molecule has 4 heteroatoms. The number of ether oxygens (including phenoxy) is 2. The third kappa shape index (κ3) is 3.67. The number of piperidine rings is 1. The molecule has 0 saturated carbocycles. The number of nitrogens with one attached hydrogen (secondary N) is 1. The Morgan fingerprint density at radius 2 is 2.39 bits per heavy atom. The van der Waals surface area contributed by atoms with Gasteiger partial charge in [0.25, 0.3) is 0 Å². The first-order chi connectivity index (χ1) is 8.78. The van der Waals surface area contributed by atoms with E-state index in [0.717, 1.165) is 39.3 Å². The van der Waals surface area contributed by atoms with Crippen molar-refractivity contribution in [2.45, 2.75) is 44.2 Å². The third-order valence-corrected chi connectivity index (χ3v) is 4.20. The quantitative estimate of drug-likeness (QED) is 0.775. The third-order valence-electron chi connectivity index (χ3n) is 4.20. The second kappa shape index (κ2) is 6.85. The standard InChI is InChI=1S/C14H28N2O2/c1-3-7-15-13-5-4-8-16(10-13)11-14(17-2)6-9-18-12-14/h13,15H,3-12H2,1-2H3. The van der Waals surface area contributed by atoms with Gasteiger partial charge in [-0.3, -0.25) is 4.90 Å². The fourth-order valence-corrected chi connectivity index (χ4v) is 3.06. The zero-order valence-electron chi connectivity index (χ0n) is 11.9. The van der Waals surface area contributed by atoms with Gasteiger partial charge in [-0.2, -0.15) is 0 Å². The van der Waals surface area contributed by atoms with Crippen molar-refractivity contribution < 1.29 is 9.47 Å². The van der Waals surface area contributed by atoms with E-state index in [0.29, 0.717) is 6.04 Å². The van der Waals surface area contributed by atoms with Gasteiger partial charge in [0.05, 0.1) is 6.61 Å². The highest BCUT2D eigenvalue weighted by molar-refractivity contribution is 4.90. The van der Waals surface area contributed by atoms with E-state index in [9.17, 15) is 0 Å². The number of likely N-dealkylation sites (tertiary alicyclic amines) is 1. The molecular weight excluding hydrogens is 228 g/mol. The van der Waals surface area contributed by atoms with Gasteiger partial charge in [-0.25, -0.2) is 0 Å². The molecule has 0 aliphatic carbocycles. The maximum Gasteiger partial charge on any atom is 0.106 e. The highest BCUT2D eigenvalue weighted by atomic mass is 16.5. The Morgan fingerprint density at radius 3 is 3.06 bits per heavy atom. The van der Waals surface area contributed by atoms with Crippen LogP contribution in [0.5, 0.6) is 0 Å². The van der Waals surface area contributed by atoms with Crippen LogP contribution in [0.4, 0.5) is 0 Å². The van der Waals surface area contributed by atoms with Gasteiger partial charge in [-0.05, 0) is 32.4 Å². The Hall–Kier alpha value is -0.160. The summed E-state index contributed by atoms with van der Waals surface area (Å²) in [4.78, 5) is 2.55. The summed E-state index contributed by atoms with van der Waals surface area (Å²) in [6.45, 7) is 8.35. The van der Waals surface area contributed by atoms with Crippen LogP contribution in [0.3, 0.4) is 0 Å². The zero-order valence-corrected chi connectivity index (χ0v) is 11.9. The fourth-order valence-electron chi connectivity index (χ4n) is 3.06. The molecule has 0 aromatic heterocycles. The Balaban J connectivity index is 1.81. The van der Waals surface area contributed by atoms with Crippen LogP contribution in [0.1, 0.15) is 32.6 Å². The van der Waals surface area contributed by atoms with Crippen LogP contribution < -0.4 is 5.32 Å². The van der Waals surface area contributed by atoms with Gasteiger partial charge >= 0.3 is 0 Å². The van der Waals surface area contributed by atoms with E-state index in [4.69, 9.17) is 9.47 Å². The normalized spacial score (nSPS) is 34.0. The molecule has 0 bridgehead atoms. The SMILES string of the molecule is CCCNC1CCCN(CC2(OC)CCOC2)C1. The molecule has 4 nitrogen and oxygen atoms in total. The molecule has 0 aromatic rings. The highest BCUT2D eigenvalue weighted by Gasteiger charge is 2.37. The van der Waals surface area contributed by atoms with E-state index < -0.39 is 0 Å². The summed E-state index contributed by atoms with van der Waals surface area (Å²) >= 11 is 0. The predicted molar refractivity (Wildman–Crippen MR) is 72.9 cm³/mol. The monoisotopic (exact) mass is 256 g/mol. The number of methoxy groups -OCH3 is 1. The van der Waals surface area contributed by atoms with E-state index in [1.54, 1.807) is 0 Å². The number of hydrogen-bond donors (Lipinski definition) is 1. The molecule has 18 heavy (non-hydrogen) atoms. The zero-order chi connectivity index (χ0) is 12.8. The van der Waals surface area contributed by atoms with Gasteiger partial charge in [-0.1, -0.05) is 6.92 Å². The molecule has 1 N–H and O–H groups in total. The first-order valence-corrected chi connectivity index (χ1v) is 7.36. The molecule has 2 aliphatic heterocycles. The van der Waals surface area contributed by atoms with Gasteiger partial charge < -0.3 is 14.8 Å². The first kappa shape index (κ1) is 14.3. The van der Waals surface area contributed by atoms with Gasteiger partial charge in [0.15, 0.2) is 0 Å². The van der Waals surface area contributed by atoms with Crippen LogP contribution in [0.2, 0.25) is 0 Å². The molecule has 106 valence electrons. The summed E-state index contributed by atoms with van der Waals surface area (Å²) in [6.07, 6.45) is 4.86. The molecule has 2 rings (SSSR count). The van der Waals surface area contributed by atoms with Crippen molar-refractivity contribution in [3.63, 3.8) is 0 Å². The van der Waals surface area contributed by atoms with Crippen molar-refractivity contribution in [3.8, 4) is 0 Å². The van der Waals surface area contributed by atoms with Crippen molar-refractivity contribution in [2.75, 3.05) is 46.5 Å². The van der Waals surface area contributed by atoms with Gasteiger partial charge in [0.1, 0.15) is 5.60 Å². The van der Waals surface area contributed by atoms with Crippen molar-refractivity contribution in [3.05, 3.63) is 0 Å². The molecule has 2 atom stereocenters. The Labute approximate surface area is 111 Å². The van der Waals surface area contributed by atoms with Crippen LogP contribution in [-0.2, 0) is 9.47 Å². The second-order valence-electron chi connectivity index (χ2n) is 5.72. The van der Waals surface area contributed by atoms with E-state index in [-0.39, 0.29) is 5.60 Å². The van der Waals surface area contributed by atoms with E-state index in [1.807, 2.05) is 7.11 Å². The van der Waals surface area contributed by atoms with Crippen LogP contribution in [0, 0.1) is 0 Å². The van der Waals surface area contributed by atoms with Crippen LogP contribution in [-0.4, -0.2) is 63.0 Å². The summed E-state index contributed by atoms with van der Waals surface area (Å²) in [5.41, 5.74) is -0.0490. The molecule has 0 radical (unpaired) electrons. The fraction of sp³-hybridized carbons (Fsp3) is 1.00. The largest absolute Gasteiger partial charge is 0.378 e. The Bertz CT molecular complexity index is 242. The minimum atomic E-state index is -0.0490. The lowest BCUT2D eigenvalue weighted by atomic mass is 9.99. The summed E-state index contributed by atoms with van der Waals surface area (Å²) in [5, 5.41) is 3.64. The van der Waals surface area contributed by atoms with Gasteiger partial charge in [0.2, 0.25) is 0 Å². The van der Waals surface area contributed by atoms with Crippen LogP contribution >= 0.6 is 0 Å². The number of rotatable bonds is 6. The smallest absolute Gasteiger partial charge is 0.106 e. The molecule has 0 aromatic carbocycles. The molecule has 2 fully saturated rings. The lowest BCUT2D eigenvalue weighted by Gasteiger charge is -2.38. The molecule has 0 amide bonds. The summed E-state index contributed by atoms with van der Waals surface area (Å²) in [7, 11) is 1.82. The molecule has 0 spiro atoms. The maximum atomic E-state index is 5.73. The van der Waals surface area contributed by atoms with Crippen LogP contribution in [0.15, 0.2) is 0 Å². The van der Waals surface area contributed by atoms with Crippen LogP contribution in [0.25, 0.3) is 0 Å². The minimum absolute atomic E-state index is 0.0490. The highest BCUT2D eigenvalue weighted by Crippen LogP contribution is 2.25. The number of nitrogens with zero attached hydrogens (tertiary/aromatic N) is 1. The van der Waals surface area contributed by atoms with Crippen molar-refractivity contribution in [1.82, 2.24) is 10.2 Å². The summed E-state index contributed by atoms with van der Waals surface area (Å²) in [6, 6.07) is 0.662. The lowest BCUT2D eigenvalue weighted by Crippen LogP contribution is -2.52. The maximum absolute atomic E-state index is 5.73. The molecular formula is C14H28N2O2. The van der Waals surface area contributed by atoms with Crippen molar-refractivity contribution in [2.24, 2.45) is 0 Å². The first-order valence-electron chi connectivity index (χ1n) is 7.36. The Morgan fingerprint density at radius 1 is 1.50 bits per heavy atom. The minimum Gasteiger partial charge on any atom is -0.378 e. The number of hydrogen-bond acceptors (Lipinski definition) is 4. The van der Waals surface area contributed by atoms with E-state index in [2.05, 4.69) is 17.1 Å². The summed E-state index contributed by atoms with van der Waals surface area (Å²) < 4.78 is 11.2. The lowest BCUT2D eigenvalue weighted by molar-refractivity contribution is -0.0455. The predicted octanol–water partition coefficient (Wildman–Crippen LogP) is 1.26. The molecule has 2 aliphatic rings. The topological polar surface area (TPSA) is 33.7 Å². The average molecular weight is 256 g/mol. The average Bonchev–Trinajstić information content (AvgIpc) is 2.86. The van der Waals surface area contributed by atoms with Crippen molar-refractivity contribution in [1.29, 1.82) is 0 Å². The second-order valence-corrected chi connectivity index (χ2v) is 5.72. The van der Waals surface area contributed by atoms with Gasteiger partial charge in [-0.15, -0.1) is 0 Å². The van der Waals surface area contributed by atoms with E-state index in [1.165, 1.54) is 25.8 Å². The molecule has 2 heterocycles. The Kier molecular flexibility index (Phi) is 5.42. The molecule has 2 saturated heterocycles. The molecule has 2 unspecified atom stereocenters. The van der Waals surface area contributed by atoms with E-state index >= 15 is 0 Å². The van der Waals surface area contributed by atoms with Crippen molar-refractivity contribution >= 4 is 0 Å². The van der Waals surface area contributed by atoms with Gasteiger partial charge in [0, 0.05) is 39.3 Å².